The summed E-state index contributed by atoms with van der Waals surface area (Å²) < 4.78 is 67.2. The lowest BCUT2D eigenvalue weighted by atomic mass is 9.98. The predicted octanol–water partition coefficient (Wildman–Crippen LogP) is 6.87. The number of hydrogen-bond donors (Lipinski definition) is 0. The number of esters is 1. The normalized spacial score (nSPS) is 15.7. The molecular formula is C38H36ClF2N3O7. The van der Waals surface area contributed by atoms with Crippen molar-refractivity contribution in [3.05, 3.63) is 105 Å². The molecule has 0 saturated carbocycles. The number of hydrogen-bond acceptors (Lipinski definition) is 9. The van der Waals surface area contributed by atoms with Crippen LogP contribution in [0.15, 0.2) is 54.6 Å². The standard InChI is InChI=1S/C38H36ClF2N3O7/c1-46-10-11-50-34-16-24(38(45)47-2)15-33-37(34)43-35(44(33)19-27-7-9-49-27)17-23-14-30(40)28-13-25(23)20-48-8-6-22-12-26(39)18-31(41)29(22)21-51-36-5-3-4-32(28)42-36/h3-5,12-16,18,27H,6-11,17,19-21H2,1-2H3/t27-/m0/s1. The Labute approximate surface area is 298 Å². The number of fused-ring (bicyclic) bond motifs is 7. The molecule has 7 rings (SSSR count). The molecule has 0 spiro atoms. The van der Waals surface area contributed by atoms with E-state index < -0.39 is 17.6 Å². The van der Waals surface area contributed by atoms with Gasteiger partial charge in [-0.3, -0.25) is 0 Å². The molecule has 4 heterocycles. The fraction of sp³-hybridized carbons (Fsp3) is 0.342. The zero-order chi connectivity index (χ0) is 35.5. The van der Waals surface area contributed by atoms with Gasteiger partial charge in [0.15, 0.2) is 0 Å². The lowest BCUT2D eigenvalue weighted by Gasteiger charge is -2.27. The third-order valence-corrected chi connectivity index (χ3v) is 9.29. The minimum atomic E-state index is -0.518. The summed E-state index contributed by atoms with van der Waals surface area (Å²) >= 11 is 6.20. The number of benzene rings is 3. The Hall–Kier alpha value is -4.62. The first-order chi connectivity index (χ1) is 24.8. The number of halogens is 3. The molecule has 1 saturated heterocycles. The molecule has 10 nitrogen and oxygen atoms in total. The van der Waals surface area contributed by atoms with Crippen molar-refractivity contribution in [1.29, 1.82) is 0 Å². The molecule has 2 aliphatic rings. The average Bonchev–Trinajstić information content (AvgIpc) is 3.44. The van der Waals surface area contributed by atoms with Gasteiger partial charge in [-0.25, -0.2) is 23.5 Å². The molecule has 5 aromatic rings. The molecule has 2 aliphatic heterocycles. The van der Waals surface area contributed by atoms with Gasteiger partial charge in [-0.05, 0) is 72.0 Å². The maximum absolute atomic E-state index is 16.1. The fourth-order valence-corrected chi connectivity index (χ4v) is 6.54. The van der Waals surface area contributed by atoms with E-state index in [1.165, 1.54) is 19.2 Å². The van der Waals surface area contributed by atoms with Gasteiger partial charge in [0.1, 0.15) is 41.9 Å². The van der Waals surface area contributed by atoms with E-state index in [0.717, 1.165) is 12.0 Å². The number of rotatable bonds is 9. The van der Waals surface area contributed by atoms with Gasteiger partial charge in [0, 0.05) is 42.4 Å². The van der Waals surface area contributed by atoms with Gasteiger partial charge < -0.3 is 33.0 Å². The first kappa shape index (κ1) is 34.8. The maximum atomic E-state index is 16.1. The maximum Gasteiger partial charge on any atom is 0.338 e. The third-order valence-electron chi connectivity index (χ3n) is 9.07. The lowest BCUT2D eigenvalue weighted by Crippen LogP contribution is -2.31. The van der Waals surface area contributed by atoms with E-state index in [9.17, 15) is 4.79 Å². The molecule has 3 aromatic carbocycles. The zero-order valence-electron chi connectivity index (χ0n) is 28.2. The van der Waals surface area contributed by atoms with E-state index in [4.69, 9.17) is 45.0 Å². The van der Waals surface area contributed by atoms with Crippen LogP contribution in [0.4, 0.5) is 8.78 Å². The van der Waals surface area contributed by atoms with Gasteiger partial charge in [0.25, 0.3) is 0 Å². The van der Waals surface area contributed by atoms with E-state index in [1.54, 1.807) is 49.6 Å². The van der Waals surface area contributed by atoms with Crippen LogP contribution in [0.2, 0.25) is 5.02 Å². The van der Waals surface area contributed by atoms with E-state index in [1.807, 2.05) is 4.57 Å². The molecule has 2 aromatic heterocycles. The summed E-state index contributed by atoms with van der Waals surface area (Å²) in [7, 11) is 2.90. The van der Waals surface area contributed by atoms with Crippen molar-refractivity contribution >= 4 is 28.6 Å². The molecule has 13 heteroatoms. The summed E-state index contributed by atoms with van der Waals surface area (Å²) in [5.41, 5.74) is 4.52. The number of pyridine rings is 1. The summed E-state index contributed by atoms with van der Waals surface area (Å²) in [6.45, 7) is 2.01. The molecule has 4 bridgehead atoms. The molecule has 0 N–H and O–H groups in total. The number of aromatic nitrogens is 3. The van der Waals surface area contributed by atoms with Crippen molar-refractivity contribution in [2.45, 2.75) is 45.1 Å². The first-order valence-electron chi connectivity index (χ1n) is 16.6. The molecular weight excluding hydrogens is 684 g/mol. The summed E-state index contributed by atoms with van der Waals surface area (Å²) in [6.07, 6.45) is 1.41. The van der Waals surface area contributed by atoms with E-state index in [2.05, 4.69) is 4.98 Å². The van der Waals surface area contributed by atoms with Crippen molar-refractivity contribution in [2.75, 3.05) is 40.6 Å². The highest BCUT2D eigenvalue weighted by atomic mass is 35.5. The molecule has 0 radical (unpaired) electrons. The third kappa shape index (κ3) is 7.55. The van der Waals surface area contributed by atoms with Gasteiger partial charge in [0.05, 0.1) is 56.4 Å². The molecule has 266 valence electrons. The monoisotopic (exact) mass is 719 g/mol. The van der Waals surface area contributed by atoms with Crippen LogP contribution in [0.1, 0.15) is 44.9 Å². The summed E-state index contributed by atoms with van der Waals surface area (Å²) in [5, 5.41) is 0.277. The Balaban J connectivity index is 1.30. The number of ether oxygens (including phenoxy) is 6. The van der Waals surface area contributed by atoms with Crippen molar-refractivity contribution < 1.29 is 42.0 Å². The topological polar surface area (TPSA) is 103 Å². The summed E-state index contributed by atoms with van der Waals surface area (Å²) in [5.74, 6) is -0.243. The van der Waals surface area contributed by atoms with Crippen molar-refractivity contribution in [3.63, 3.8) is 0 Å². The Morgan fingerprint density at radius 3 is 2.65 bits per heavy atom. The number of methoxy groups -OCH3 is 2. The Kier molecular flexibility index (Phi) is 10.5. The highest BCUT2D eigenvalue weighted by Crippen LogP contribution is 2.34. The van der Waals surface area contributed by atoms with Crippen LogP contribution in [-0.2, 0) is 51.5 Å². The van der Waals surface area contributed by atoms with E-state index in [-0.39, 0.29) is 55.4 Å². The predicted molar refractivity (Wildman–Crippen MR) is 184 cm³/mol. The summed E-state index contributed by atoms with van der Waals surface area (Å²) in [6, 6.07) is 14.6. The molecule has 0 aliphatic carbocycles. The quantitative estimate of drug-likeness (QED) is 0.119. The van der Waals surface area contributed by atoms with Crippen molar-refractivity contribution in [3.8, 4) is 22.9 Å². The Morgan fingerprint density at radius 2 is 1.86 bits per heavy atom. The zero-order valence-corrected chi connectivity index (χ0v) is 28.9. The van der Waals surface area contributed by atoms with Gasteiger partial charge in [-0.2, -0.15) is 0 Å². The first-order valence-corrected chi connectivity index (χ1v) is 17.0. The number of carbonyl (C=O) groups excluding carboxylic acids is 1. The Bertz CT molecular complexity index is 2090. The summed E-state index contributed by atoms with van der Waals surface area (Å²) in [4.78, 5) is 22.3. The highest BCUT2D eigenvalue weighted by Gasteiger charge is 2.26. The SMILES string of the molecule is COCCOc1cc(C(=O)OC)cc2c1nc(Cc1cc(F)c3cc1COCCc1cc(Cl)cc(F)c1COc1cccc-3n1)n2C[C@@H]1CCO1. The van der Waals surface area contributed by atoms with Crippen LogP contribution in [0.3, 0.4) is 0 Å². The van der Waals surface area contributed by atoms with Gasteiger partial charge in [-0.1, -0.05) is 17.7 Å². The average molecular weight is 720 g/mol. The molecule has 1 atom stereocenters. The van der Waals surface area contributed by atoms with Crippen LogP contribution in [0.5, 0.6) is 11.6 Å². The van der Waals surface area contributed by atoms with E-state index >= 15 is 8.78 Å². The van der Waals surface area contributed by atoms with Crippen LogP contribution in [0, 0.1) is 11.6 Å². The number of nitrogens with zero attached hydrogens (tertiary/aromatic N) is 3. The second-order valence-electron chi connectivity index (χ2n) is 12.4. The minimum absolute atomic E-state index is 0.0527. The van der Waals surface area contributed by atoms with E-state index in [0.29, 0.717) is 76.7 Å². The van der Waals surface area contributed by atoms with Gasteiger partial charge in [0.2, 0.25) is 5.88 Å². The smallest absolute Gasteiger partial charge is 0.338 e. The minimum Gasteiger partial charge on any atom is -0.489 e. The fourth-order valence-electron chi connectivity index (χ4n) is 6.31. The lowest BCUT2D eigenvalue weighted by molar-refractivity contribution is -0.0589. The molecule has 0 amide bonds. The van der Waals surface area contributed by atoms with Crippen LogP contribution < -0.4 is 9.47 Å². The number of imidazole rings is 1. The number of carbonyl (C=O) groups is 1. The highest BCUT2D eigenvalue weighted by molar-refractivity contribution is 6.30. The largest absolute Gasteiger partial charge is 0.489 e. The van der Waals surface area contributed by atoms with Crippen LogP contribution in [-0.4, -0.2) is 67.3 Å². The van der Waals surface area contributed by atoms with Gasteiger partial charge >= 0.3 is 5.97 Å². The molecule has 0 unspecified atom stereocenters. The van der Waals surface area contributed by atoms with Crippen LogP contribution in [0.25, 0.3) is 22.3 Å². The van der Waals surface area contributed by atoms with Crippen molar-refractivity contribution in [1.82, 2.24) is 14.5 Å². The molecule has 51 heavy (non-hydrogen) atoms. The molecule has 1 fully saturated rings. The van der Waals surface area contributed by atoms with Crippen LogP contribution >= 0.6 is 11.6 Å². The van der Waals surface area contributed by atoms with Crippen molar-refractivity contribution in [2.24, 2.45) is 0 Å². The Morgan fingerprint density at radius 1 is 1.00 bits per heavy atom. The second kappa shape index (κ2) is 15.3. The van der Waals surface area contributed by atoms with Gasteiger partial charge in [-0.15, -0.1) is 0 Å². The second-order valence-corrected chi connectivity index (χ2v) is 12.8.